The lowest BCUT2D eigenvalue weighted by Crippen LogP contribution is -2.43. The molecule has 0 spiro atoms. The molecule has 4 heterocycles. The summed E-state index contributed by atoms with van der Waals surface area (Å²) in [6.07, 6.45) is 1.92. The second-order valence-corrected chi connectivity index (χ2v) is 12.5. The van der Waals surface area contributed by atoms with Gasteiger partial charge in [0, 0.05) is 18.3 Å². The van der Waals surface area contributed by atoms with E-state index in [4.69, 9.17) is 0 Å². The number of hydrogen-bond donors (Lipinski definition) is 0. The molecule has 7 rings (SSSR count). The Morgan fingerprint density at radius 2 is 1.78 bits per heavy atom. The van der Waals surface area contributed by atoms with Gasteiger partial charge >= 0.3 is 6.18 Å². The van der Waals surface area contributed by atoms with Crippen molar-refractivity contribution in [2.75, 3.05) is 6.54 Å². The van der Waals surface area contributed by atoms with E-state index in [0.717, 1.165) is 46.7 Å². The summed E-state index contributed by atoms with van der Waals surface area (Å²) in [4.78, 5) is 33.3. The summed E-state index contributed by atoms with van der Waals surface area (Å²) >= 11 is 0. The van der Waals surface area contributed by atoms with E-state index < -0.39 is 28.8 Å². The van der Waals surface area contributed by atoms with Crippen LogP contribution in [0.4, 0.5) is 13.2 Å². The number of alkyl halides is 3. The number of nitrogens with zero attached hydrogens (tertiary/aromatic N) is 8. The molecule has 1 amide bonds. The zero-order valence-electron chi connectivity index (χ0n) is 25.7. The highest BCUT2D eigenvalue weighted by Crippen LogP contribution is 2.45. The number of rotatable bonds is 7. The summed E-state index contributed by atoms with van der Waals surface area (Å²) in [6.45, 7) is 6.89. The summed E-state index contributed by atoms with van der Waals surface area (Å²) in [5.74, 6) is 0.0856. The van der Waals surface area contributed by atoms with Crippen molar-refractivity contribution in [1.29, 1.82) is 0 Å². The van der Waals surface area contributed by atoms with E-state index in [9.17, 15) is 22.8 Å². The predicted molar refractivity (Wildman–Crippen MR) is 164 cm³/mol. The maximum absolute atomic E-state index is 14.0. The first-order chi connectivity index (χ1) is 22.0. The van der Waals surface area contributed by atoms with Crippen LogP contribution in [0.15, 0.2) is 59.8 Å². The largest absolute Gasteiger partial charge is 0.418 e. The van der Waals surface area contributed by atoms with Crippen molar-refractivity contribution < 1.29 is 18.0 Å². The Labute approximate surface area is 262 Å². The summed E-state index contributed by atoms with van der Waals surface area (Å²) in [7, 11) is 0. The molecule has 1 aliphatic heterocycles. The van der Waals surface area contributed by atoms with Gasteiger partial charge in [0.25, 0.3) is 5.91 Å². The van der Waals surface area contributed by atoms with Gasteiger partial charge < -0.3 is 9.47 Å². The van der Waals surface area contributed by atoms with Gasteiger partial charge in [0.2, 0.25) is 5.43 Å². The van der Waals surface area contributed by atoms with Crippen LogP contribution >= 0.6 is 0 Å². The fourth-order valence-electron chi connectivity index (χ4n) is 6.72. The van der Waals surface area contributed by atoms with Gasteiger partial charge in [0.05, 0.1) is 53.9 Å². The molecule has 10 nitrogen and oxygen atoms in total. The Balaban J connectivity index is 1.16. The molecule has 2 fully saturated rings. The molecule has 0 radical (unpaired) electrons. The highest BCUT2D eigenvalue weighted by molar-refractivity contribution is 5.92. The molecule has 2 unspecified atom stereocenters. The first kappa shape index (κ1) is 29.9. The Hall–Kier alpha value is -4.81. The van der Waals surface area contributed by atoms with Crippen molar-refractivity contribution >= 4 is 16.9 Å². The Morgan fingerprint density at radius 3 is 2.54 bits per heavy atom. The molecule has 2 aliphatic rings. The summed E-state index contributed by atoms with van der Waals surface area (Å²) in [6, 6.07) is 10.1. The maximum Gasteiger partial charge on any atom is 0.418 e. The van der Waals surface area contributed by atoms with Crippen molar-refractivity contribution in [2.24, 2.45) is 11.8 Å². The fourth-order valence-corrected chi connectivity index (χ4v) is 6.72. The van der Waals surface area contributed by atoms with Gasteiger partial charge in [-0.05, 0) is 87.3 Å². The van der Waals surface area contributed by atoms with Crippen molar-refractivity contribution in [2.45, 2.75) is 65.3 Å². The number of likely N-dealkylation sites (tertiary alicyclic amines) is 1. The lowest BCUT2D eigenvalue weighted by atomic mass is 9.95. The average Bonchev–Trinajstić information content (AvgIpc) is 3.44. The van der Waals surface area contributed by atoms with Crippen LogP contribution in [0.2, 0.25) is 0 Å². The van der Waals surface area contributed by atoms with Crippen LogP contribution in [0.5, 0.6) is 0 Å². The van der Waals surface area contributed by atoms with E-state index in [1.54, 1.807) is 15.9 Å². The van der Waals surface area contributed by atoms with Crippen LogP contribution in [0.3, 0.4) is 0 Å². The first-order valence-corrected chi connectivity index (χ1v) is 15.4. The smallest absolute Gasteiger partial charge is 0.332 e. The second-order valence-electron chi connectivity index (χ2n) is 12.5. The van der Waals surface area contributed by atoms with Gasteiger partial charge in [0.15, 0.2) is 5.69 Å². The zero-order valence-corrected chi connectivity index (χ0v) is 25.7. The minimum atomic E-state index is -4.64. The molecule has 3 aromatic heterocycles. The van der Waals surface area contributed by atoms with Gasteiger partial charge in [-0.3, -0.25) is 14.3 Å². The van der Waals surface area contributed by atoms with Crippen LogP contribution in [-0.2, 0) is 19.3 Å². The van der Waals surface area contributed by atoms with Gasteiger partial charge in [0.1, 0.15) is 5.69 Å². The SMILES string of the molecule is Cc1cc2ncn(Cc3cn(CC4C(C5CC5)CCN4C(=O)c4nn(-c5ccccc5C(F)(F)F)c(C)cc4=O)nn3)c2cc1C. The van der Waals surface area contributed by atoms with Gasteiger partial charge in [-0.2, -0.15) is 18.3 Å². The van der Waals surface area contributed by atoms with E-state index in [1.165, 1.54) is 42.3 Å². The maximum atomic E-state index is 14.0. The van der Waals surface area contributed by atoms with E-state index in [2.05, 4.69) is 46.4 Å². The lowest BCUT2D eigenvalue weighted by Gasteiger charge is -2.28. The second kappa shape index (κ2) is 11.2. The molecule has 2 atom stereocenters. The molecule has 1 saturated carbocycles. The number of aryl methyl sites for hydroxylation is 3. The normalized spacial score (nSPS) is 18.5. The lowest BCUT2D eigenvalue weighted by molar-refractivity contribution is -0.137. The Kier molecular flexibility index (Phi) is 7.28. The monoisotopic (exact) mass is 630 g/mol. The van der Waals surface area contributed by atoms with Crippen molar-refractivity contribution in [3.8, 4) is 5.69 Å². The van der Waals surface area contributed by atoms with Crippen LogP contribution in [0.25, 0.3) is 16.7 Å². The highest BCUT2D eigenvalue weighted by Gasteiger charge is 2.46. The summed E-state index contributed by atoms with van der Waals surface area (Å²) in [5, 5.41) is 13.0. The Morgan fingerprint density at radius 1 is 1.02 bits per heavy atom. The molecule has 2 aromatic carbocycles. The predicted octanol–water partition coefficient (Wildman–Crippen LogP) is 5.11. The number of carbonyl (C=O) groups excluding carboxylic acids is 1. The molecular weight excluding hydrogens is 597 g/mol. The molecule has 1 saturated heterocycles. The molecule has 13 heteroatoms. The van der Waals surface area contributed by atoms with Gasteiger partial charge in [-0.1, -0.05) is 17.3 Å². The van der Waals surface area contributed by atoms with E-state index in [1.807, 2.05) is 10.8 Å². The van der Waals surface area contributed by atoms with Crippen LogP contribution in [-0.4, -0.2) is 57.7 Å². The quantitative estimate of drug-likeness (QED) is 0.248. The summed E-state index contributed by atoms with van der Waals surface area (Å²) in [5.41, 5.74) is 3.02. The number of amides is 1. The van der Waals surface area contributed by atoms with Crippen molar-refractivity contribution in [3.05, 3.63) is 99.0 Å². The molecular formula is C33H33F3N8O2. The number of halogens is 3. The van der Waals surface area contributed by atoms with E-state index >= 15 is 0 Å². The number of benzene rings is 2. The number of fused-ring (bicyclic) bond motifs is 1. The minimum absolute atomic E-state index is 0.193. The number of imidazole rings is 1. The van der Waals surface area contributed by atoms with Crippen LogP contribution in [0.1, 0.15) is 57.8 Å². The molecule has 238 valence electrons. The van der Waals surface area contributed by atoms with Gasteiger partial charge in [-0.25, -0.2) is 9.67 Å². The molecule has 5 aromatic rings. The minimum Gasteiger partial charge on any atom is -0.332 e. The Bertz CT molecular complexity index is 2020. The van der Waals surface area contributed by atoms with Gasteiger partial charge in [-0.15, -0.1) is 5.10 Å². The highest BCUT2D eigenvalue weighted by atomic mass is 19.4. The first-order valence-electron chi connectivity index (χ1n) is 15.4. The zero-order chi connectivity index (χ0) is 32.3. The number of para-hydroxylation sites is 1. The third kappa shape index (κ3) is 5.47. The summed E-state index contributed by atoms with van der Waals surface area (Å²) < 4.78 is 46.3. The molecule has 0 bridgehead atoms. The van der Waals surface area contributed by atoms with E-state index in [0.29, 0.717) is 25.6 Å². The van der Waals surface area contributed by atoms with E-state index in [-0.39, 0.29) is 23.3 Å². The third-order valence-electron chi connectivity index (χ3n) is 9.36. The standard InChI is InChI=1S/C33H33F3N8O2/c1-19-12-26-28(13-20(19)2)41(18-37-26)15-23-16-42(40-38-23)17-29-24(22-8-9-22)10-11-43(29)32(46)31-30(45)14-21(3)44(39-31)27-7-5-4-6-25(27)33(34,35)36/h4-7,12-14,16,18,22,24,29H,8-11,15,17H2,1-3H3. The fraction of sp³-hybridized carbons (Fsp3) is 0.394. The molecule has 46 heavy (non-hydrogen) atoms. The average molecular weight is 631 g/mol. The molecule has 0 N–H and O–H groups in total. The van der Waals surface area contributed by atoms with Crippen LogP contribution in [0, 0.1) is 32.6 Å². The topological polar surface area (TPSA) is 104 Å². The molecule has 1 aliphatic carbocycles. The number of hydrogen-bond acceptors (Lipinski definition) is 6. The van der Waals surface area contributed by atoms with Crippen molar-refractivity contribution in [3.63, 3.8) is 0 Å². The number of aromatic nitrogens is 7. The van der Waals surface area contributed by atoms with Crippen LogP contribution < -0.4 is 5.43 Å². The third-order valence-corrected chi connectivity index (χ3v) is 9.36. The number of carbonyl (C=O) groups is 1. The van der Waals surface area contributed by atoms with Crippen molar-refractivity contribution in [1.82, 2.24) is 39.2 Å².